The molecule has 0 saturated heterocycles. The van der Waals surface area contributed by atoms with Gasteiger partial charge in [0.25, 0.3) is 10.0 Å². The van der Waals surface area contributed by atoms with E-state index in [1.165, 1.54) is 50.4 Å². The molecule has 1 saturated carbocycles. The summed E-state index contributed by atoms with van der Waals surface area (Å²) < 4.78 is 28.0. The molecule has 6 nitrogen and oxygen atoms in total. The summed E-state index contributed by atoms with van der Waals surface area (Å²) in [7, 11) is -3.71. The topological polar surface area (TPSA) is 97.1 Å². The van der Waals surface area contributed by atoms with E-state index in [-0.39, 0.29) is 10.7 Å². The van der Waals surface area contributed by atoms with Gasteiger partial charge in [-0.25, -0.2) is 13.4 Å². The highest BCUT2D eigenvalue weighted by Crippen LogP contribution is 2.29. The number of aromatic nitrogens is 1. The molecule has 1 fully saturated rings. The summed E-state index contributed by atoms with van der Waals surface area (Å²) in [5.74, 6) is 1.72. The Morgan fingerprint density at radius 3 is 2.61 bits per heavy atom. The number of hydrogen-bond donors (Lipinski definition) is 3. The SMILES string of the molecule is CC(CNCc1ccccc1NS(=O)(=O)c1ccc(N)nc1)C1CCCCC1. The van der Waals surface area contributed by atoms with Crippen LogP contribution in [0.1, 0.15) is 44.6 Å². The van der Waals surface area contributed by atoms with Crippen LogP contribution in [0.3, 0.4) is 0 Å². The number of sulfonamides is 1. The van der Waals surface area contributed by atoms with E-state index in [0.29, 0.717) is 18.2 Å². The quantitative estimate of drug-likeness (QED) is 0.624. The van der Waals surface area contributed by atoms with Crippen molar-refractivity contribution in [2.75, 3.05) is 17.0 Å². The Hall–Kier alpha value is -2.12. The van der Waals surface area contributed by atoms with Gasteiger partial charge in [0.2, 0.25) is 0 Å². The molecule has 0 radical (unpaired) electrons. The van der Waals surface area contributed by atoms with Gasteiger partial charge < -0.3 is 11.1 Å². The van der Waals surface area contributed by atoms with Crippen LogP contribution in [0.2, 0.25) is 0 Å². The fraction of sp³-hybridized carbons (Fsp3) is 0.476. The molecule has 28 heavy (non-hydrogen) atoms. The number of nitrogens with one attached hydrogen (secondary N) is 2. The van der Waals surface area contributed by atoms with Crippen LogP contribution in [0.15, 0.2) is 47.5 Å². The van der Waals surface area contributed by atoms with E-state index >= 15 is 0 Å². The first-order valence-corrected chi connectivity index (χ1v) is 11.5. The molecule has 0 bridgehead atoms. The molecular formula is C21H30N4O2S. The van der Waals surface area contributed by atoms with Crippen LogP contribution in [0.5, 0.6) is 0 Å². The minimum Gasteiger partial charge on any atom is -0.384 e. The first-order chi connectivity index (χ1) is 13.5. The van der Waals surface area contributed by atoms with Crippen molar-refractivity contribution in [2.45, 2.75) is 50.5 Å². The van der Waals surface area contributed by atoms with Crippen LogP contribution < -0.4 is 15.8 Å². The number of benzene rings is 1. The second-order valence-electron chi connectivity index (χ2n) is 7.69. The van der Waals surface area contributed by atoms with Crippen molar-refractivity contribution in [3.8, 4) is 0 Å². The second-order valence-corrected chi connectivity index (χ2v) is 9.37. The number of rotatable bonds is 8. The lowest BCUT2D eigenvalue weighted by molar-refractivity contribution is 0.256. The van der Waals surface area contributed by atoms with Gasteiger partial charge in [-0.2, -0.15) is 0 Å². The van der Waals surface area contributed by atoms with Crippen molar-refractivity contribution >= 4 is 21.5 Å². The van der Waals surface area contributed by atoms with Gasteiger partial charge in [-0.1, -0.05) is 57.2 Å². The van der Waals surface area contributed by atoms with E-state index in [9.17, 15) is 8.42 Å². The summed E-state index contributed by atoms with van der Waals surface area (Å²) in [6.45, 7) is 3.87. The third-order valence-electron chi connectivity index (χ3n) is 5.57. The zero-order valence-corrected chi connectivity index (χ0v) is 17.2. The van der Waals surface area contributed by atoms with Gasteiger partial charge in [0, 0.05) is 12.7 Å². The lowest BCUT2D eigenvalue weighted by atomic mass is 9.81. The fourth-order valence-corrected chi connectivity index (χ4v) is 4.88. The van der Waals surface area contributed by atoms with Gasteiger partial charge in [-0.15, -0.1) is 0 Å². The number of nitrogens with zero attached hydrogens (tertiary/aromatic N) is 1. The summed E-state index contributed by atoms with van der Waals surface area (Å²) in [4.78, 5) is 3.96. The number of pyridine rings is 1. The van der Waals surface area contributed by atoms with E-state index in [1.807, 2.05) is 18.2 Å². The third-order valence-corrected chi connectivity index (χ3v) is 6.92. The molecule has 1 aromatic heterocycles. The van der Waals surface area contributed by atoms with Gasteiger partial charge in [0.15, 0.2) is 0 Å². The molecule has 1 aromatic carbocycles. The number of anilines is 2. The first-order valence-electron chi connectivity index (χ1n) is 9.98. The van der Waals surface area contributed by atoms with Crippen molar-refractivity contribution in [1.29, 1.82) is 0 Å². The Morgan fingerprint density at radius 2 is 1.89 bits per heavy atom. The monoisotopic (exact) mass is 402 g/mol. The first kappa shape index (κ1) is 20.6. The standard InChI is InChI=1S/C21H30N4O2S/c1-16(17-7-3-2-4-8-17)13-23-14-18-9-5-6-10-20(18)25-28(26,27)19-11-12-21(22)24-15-19/h5-6,9-12,15-17,23,25H,2-4,7-8,13-14H2,1H3,(H2,22,24). The van der Waals surface area contributed by atoms with Crippen LogP contribution in [0.25, 0.3) is 0 Å². The van der Waals surface area contributed by atoms with E-state index < -0.39 is 10.0 Å². The van der Waals surface area contributed by atoms with E-state index in [4.69, 9.17) is 5.73 Å². The molecular weight excluding hydrogens is 372 g/mol. The van der Waals surface area contributed by atoms with Gasteiger partial charge in [-0.3, -0.25) is 4.72 Å². The molecule has 2 aromatic rings. The second kappa shape index (κ2) is 9.39. The minimum atomic E-state index is -3.71. The van der Waals surface area contributed by atoms with Crippen LogP contribution in [0.4, 0.5) is 11.5 Å². The maximum absolute atomic E-state index is 12.6. The summed E-state index contributed by atoms with van der Waals surface area (Å²) in [5.41, 5.74) is 7.05. The molecule has 1 aliphatic rings. The van der Waals surface area contributed by atoms with Crippen molar-refractivity contribution in [3.63, 3.8) is 0 Å². The predicted octanol–water partition coefficient (Wildman–Crippen LogP) is 3.77. The van der Waals surface area contributed by atoms with Crippen molar-refractivity contribution < 1.29 is 8.42 Å². The lowest BCUT2D eigenvalue weighted by Gasteiger charge is -2.28. The zero-order valence-electron chi connectivity index (χ0n) is 16.4. The summed E-state index contributed by atoms with van der Waals surface area (Å²) >= 11 is 0. The largest absolute Gasteiger partial charge is 0.384 e. The van der Waals surface area contributed by atoms with Crippen molar-refractivity contribution in [1.82, 2.24) is 10.3 Å². The number of nitrogen functional groups attached to an aromatic ring is 1. The van der Waals surface area contributed by atoms with E-state index in [0.717, 1.165) is 18.0 Å². The predicted molar refractivity (Wildman–Crippen MR) is 113 cm³/mol. The van der Waals surface area contributed by atoms with Crippen LogP contribution in [-0.2, 0) is 16.6 Å². The Kier molecular flexibility index (Phi) is 6.91. The third kappa shape index (κ3) is 5.45. The normalized spacial score (nSPS) is 16.6. The molecule has 7 heteroatoms. The smallest absolute Gasteiger partial charge is 0.263 e. The van der Waals surface area contributed by atoms with E-state index in [2.05, 4.69) is 21.9 Å². The van der Waals surface area contributed by atoms with Crippen molar-refractivity contribution in [3.05, 3.63) is 48.2 Å². The van der Waals surface area contributed by atoms with Crippen LogP contribution in [0, 0.1) is 11.8 Å². The molecule has 0 amide bonds. The fourth-order valence-electron chi connectivity index (χ4n) is 3.83. The molecule has 1 heterocycles. The molecule has 4 N–H and O–H groups in total. The molecule has 0 aliphatic heterocycles. The molecule has 3 rings (SSSR count). The lowest BCUT2D eigenvalue weighted by Crippen LogP contribution is -2.27. The van der Waals surface area contributed by atoms with Crippen LogP contribution in [-0.4, -0.2) is 19.9 Å². The maximum atomic E-state index is 12.6. The van der Waals surface area contributed by atoms with Gasteiger partial charge >= 0.3 is 0 Å². The molecule has 152 valence electrons. The Bertz CT molecular complexity index is 862. The van der Waals surface area contributed by atoms with Gasteiger partial charge in [0.05, 0.1) is 5.69 Å². The van der Waals surface area contributed by atoms with Gasteiger partial charge in [0.1, 0.15) is 10.7 Å². The molecule has 0 spiro atoms. The number of nitrogens with two attached hydrogens (primary N) is 1. The Morgan fingerprint density at radius 1 is 1.14 bits per heavy atom. The van der Waals surface area contributed by atoms with Crippen molar-refractivity contribution in [2.24, 2.45) is 11.8 Å². The molecule has 1 aliphatic carbocycles. The van der Waals surface area contributed by atoms with Gasteiger partial charge in [-0.05, 0) is 42.1 Å². The number of para-hydroxylation sites is 1. The highest BCUT2D eigenvalue weighted by Gasteiger charge is 2.20. The molecule has 1 atom stereocenters. The summed E-state index contributed by atoms with van der Waals surface area (Å²) in [5, 5.41) is 3.51. The summed E-state index contributed by atoms with van der Waals surface area (Å²) in [6.07, 6.45) is 7.99. The van der Waals surface area contributed by atoms with E-state index in [1.54, 1.807) is 6.07 Å². The maximum Gasteiger partial charge on any atom is 0.263 e. The average Bonchev–Trinajstić information content (AvgIpc) is 2.70. The Balaban J connectivity index is 1.62. The minimum absolute atomic E-state index is 0.0929. The average molecular weight is 403 g/mol. The van der Waals surface area contributed by atoms with Crippen LogP contribution >= 0.6 is 0 Å². The zero-order chi connectivity index (χ0) is 20.0. The highest BCUT2D eigenvalue weighted by molar-refractivity contribution is 7.92. The Labute approximate surface area is 168 Å². The number of hydrogen-bond acceptors (Lipinski definition) is 5. The molecule has 1 unspecified atom stereocenters. The highest BCUT2D eigenvalue weighted by atomic mass is 32.2. The summed E-state index contributed by atoms with van der Waals surface area (Å²) in [6, 6.07) is 10.4.